The molecule has 2 aromatic rings. The highest BCUT2D eigenvalue weighted by Gasteiger charge is 2.21. The molecule has 134 valence electrons. The minimum absolute atomic E-state index is 0.163. The van der Waals surface area contributed by atoms with Gasteiger partial charge >= 0.3 is 0 Å². The van der Waals surface area contributed by atoms with Crippen LogP contribution < -0.4 is 11.2 Å². The van der Waals surface area contributed by atoms with E-state index in [-0.39, 0.29) is 6.61 Å². The molecule has 1 aromatic carbocycles. The molecule has 7 nitrogen and oxygen atoms in total. The van der Waals surface area contributed by atoms with Crippen LogP contribution >= 0.6 is 11.3 Å². The van der Waals surface area contributed by atoms with Crippen LogP contribution in [0.5, 0.6) is 0 Å². The molecule has 0 spiro atoms. The Morgan fingerprint density at radius 1 is 1.12 bits per heavy atom. The summed E-state index contributed by atoms with van der Waals surface area (Å²) in [5, 5.41) is 21.1. The number of hydrogen-bond acceptors (Lipinski definition) is 6. The predicted molar refractivity (Wildman–Crippen MR) is 93.1 cm³/mol. The Morgan fingerprint density at radius 3 is 2.40 bits per heavy atom. The van der Waals surface area contributed by atoms with E-state index < -0.39 is 36.9 Å². The fourth-order valence-corrected chi connectivity index (χ4v) is 2.85. The van der Waals surface area contributed by atoms with Crippen molar-refractivity contribution < 1.29 is 24.6 Å². The maximum atomic E-state index is 11.6. The molecule has 8 heteroatoms. The quantitative estimate of drug-likeness (QED) is 0.494. The number of thiophene rings is 1. The molecule has 0 saturated heterocycles. The third-order valence-corrected chi connectivity index (χ3v) is 4.35. The van der Waals surface area contributed by atoms with Gasteiger partial charge in [0.2, 0.25) is 11.8 Å². The normalized spacial score (nSPS) is 13.2. The first-order valence-corrected chi connectivity index (χ1v) is 8.51. The number of nitrogens with one attached hydrogen (secondary N) is 1. The Morgan fingerprint density at radius 2 is 1.80 bits per heavy atom. The smallest absolute Gasteiger partial charge is 0.246 e. The van der Waals surface area contributed by atoms with Crippen molar-refractivity contribution in [1.29, 1.82) is 0 Å². The molecule has 0 aliphatic carbocycles. The van der Waals surface area contributed by atoms with Crippen LogP contribution in [0.1, 0.15) is 18.4 Å². The molecular weight excluding hydrogens is 344 g/mol. The molecule has 0 radical (unpaired) electrons. The number of hydrogen-bond donors (Lipinski definition) is 4. The van der Waals surface area contributed by atoms with Gasteiger partial charge in [-0.2, -0.15) is 0 Å². The van der Waals surface area contributed by atoms with Crippen LogP contribution in [0.15, 0.2) is 41.8 Å². The average Bonchev–Trinajstić information content (AvgIpc) is 3.09. The lowest BCUT2D eigenvalue weighted by molar-refractivity contribution is -0.139. The number of amides is 2. The van der Waals surface area contributed by atoms with Crippen LogP contribution in [0.25, 0.3) is 10.4 Å². The lowest BCUT2D eigenvalue weighted by atomic mass is 10.1. The van der Waals surface area contributed by atoms with E-state index in [4.69, 9.17) is 10.6 Å². The van der Waals surface area contributed by atoms with Crippen LogP contribution in [0.2, 0.25) is 0 Å². The fourth-order valence-electron chi connectivity index (χ4n) is 2.12. The van der Waals surface area contributed by atoms with Gasteiger partial charge in [0, 0.05) is 4.88 Å². The van der Waals surface area contributed by atoms with E-state index in [0.717, 1.165) is 11.1 Å². The molecule has 0 aliphatic rings. The van der Waals surface area contributed by atoms with Gasteiger partial charge in [-0.3, -0.25) is 14.4 Å². The number of hydroxylamine groups is 1. The van der Waals surface area contributed by atoms with Gasteiger partial charge in [0.15, 0.2) is 0 Å². The Hall–Kier alpha value is -2.26. The number of aliphatic hydroxyl groups is 2. The van der Waals surface area contributed by atoms with Gasteiger partial charge in [-0.15, -0.1) is 11.3 Å². The van der Waals surface area contributed by atoms with Crippen molar-refractivity contribution in [3.8, 4) is 10.4 Å². The van der Waals surface area contributed by atoms with Crippen LogP contribution in [0, 0.1) is 0 Å². The highest BCUT2D eigenvalue weighted by Crippen LogP contribution is 2.24. The summed E-state index contributed by atoms with van der Waals surface area (Å²) >= 11 is 1.65. The molecule has 1 heterocycles. The van der Waals surface area contributed by atoms with Crippen molar-refractivity contribution in [2.75, 3.05) is 0 Å². The molecule has 5 N–H and O–H groups in total. The maximum Gasteiger partial charge on any atom is 0.246 e. The molecule has 0 fully saturated rings. The van der Waals surface area contributed by atoms with E-state index >= 15 is 0 Å². The van der Waals surface area contributed by atoms with Gasteiger partial charge in [0.25, 0.3) is 0 Å². The van der Waals surface area contributed by atoms with Gasteiger partial charge in [-0.25, -0.2) is 5.48 Å². The van der Waals surface area contributed by atoms with E-state index in [2.05, 4.69) is 5.48 Å². The summed E-state index contributed by atoms with van der Waals surface area (Å²) in [4.78, 5) is 28.5. The van der Waals surface area contributed by atoms with Crippen LogP contribution in [-0.4, -0.2) is 34.2 Å². The van der Waals surface area contributed by atoms with Crippen molar-refractivity contribution in [3.63, 3.8) is 0 Å². The second-order valence-electron chi connectivity index (χ2n) is 5.50. The van der Waals surface area contributed by atoms with E-state index in [1.54, 1.807) is 11.3 Å². The Bertz CT molecular complexity index is 688. The van der Waals surface area contributed by atoms with Gasteiger partial charge < -0.3 is 15.9 Å². The topological polar surface area (TPSA) is 122 Å². The van der Waals surface area contributed by atoms with Crippen molar-refractivity contribution >= 4 is 23.2 Å². The van der Waals surface area contributed by atoms with Crippen molar-refractivity contribution in [2.24, 2.45) is 5.73 Å². The first kappa shape index (κ1) is 19.1. The summed E-state index contributed by atoms with van der Waals surface area (Å²) in [7, 11) is 0. The van der Waals surface area contributed by atoms with Crippen molar-refractivity contribution in [2.45, 2.75) is 31.7 Å². The summed E-state index contributed by atoms with van der Waals surface area (Å²) < 4.78 is 0. The monoisotopic (exact) mass is 364 g/mol. The van der Waals surface area contributed by atoms with Crippen LogP contribution in [0.4, 0.5) is 0 Å². The van der Waals surface area contributed by atoms with E-state index in [1.165, 1.54) is 4.88 Å². The first-order chi connectivity index (χ1) is 12.0. The number of carbonyl (C=O) groups is 2. The van der Waals surface area contributed by atoms with Gasteiger partial charge in [0.1, 0.15) is 0 Å². The highest BCUT2D eigenvalue weighted by molar-refractivity contribution is 7.13. The molecule has 2 amide bonds. The molecule has 2 rings (SSSR count). The van der Waals surface area contributed by atoms with E-state index in [1.807, 2.05) is 41.8 Å². The largest absolute Gasteiger partial charge is 0.390 e. The third-order valence-electron chi connectivity index (χ3n) is 3.43. The average molecular weight is 364 g/mol. The van der Waals surface area contributed by atoms with Crippen LogP contribution in [0.3, 0.4) is 0 Å². The Balaban J connectivity index is 1.73. The van der Waals surface area contributed by atoms with Gasteiger partial charge in [0.05, 0.1) is 31.7 Å². The molecule has 0 saturated carbocycles. The number of primary amides is 1. The maximum absolute atomic E-state index is 11.6. The number of rotatable bonds is 9. The van der Waals surface area contributed by atoms with E-state index in [0.29, 0.717) is 0 Å². The zero-order valence-corrected chi connectivity index (χ0v) is 14.2. The van der Waals surface area contributed by atoms with Crippen molar-refractivity contribution in [3.05, 3.63) is 47.3 Å². The second kappa shape index (κ2) is 9.28. The van der Waals surface area contributed by atoms with Crippen molar-refractivity contribution in [1.82, 2.24) is 5.48 Å². The summed E-state index contributed by atoms with van der Waals surface area (Å²) in [6.07, 6.45) is -3.58. The lowest BCUT2D eigenvalue weighted by Gasteiger charge is -2.15. The molecular formula is C17H20N2O5S. The standard InChI is InChI=1S/C17H20N2O5S/c18-16(22)8-13(20)14(21)9-17(23)19-24-10-11-3-5-12(6-4-11)15-2-1-7-25-15/h1-7,13-14,20-21H,8-10H2,(H2,18,22)(H,19,23). The zero-order valence-electron chi connectivity index (χ0n) is 13.4. The van der Waals surface area contributed by atoms with Crippen LogP contribution in [-0.2, 0) is 21.0 Å². The first-order valence-electron chi connectivity index (χ1n) is 7.63. The van der Waals surface area contributed by atoms with E-state index in [9.17, 15) is 19.8 Å². The lowest BCUT2D eigenvalue weighted by Crippen LogP contribution is -2.36. The summed E-state index contributed by atoms with van der Waals surface area (Å²) in [5.74, 6) is -1.36. The molecule has 0 bridgehead atoms. The Labute approximate surface area is 149 Å². The summed E-state index contributed by atoms with van der Waals surface area (Å²) in [6, 6.07) is 11.8. The molecule has 2 atom stereocenters. The molecule has 2 unspecified atom stereocenters. The third kappa shape index (κ3) is 6.28. The number of nitrogens with two attached hydrogens (primary N) is 1. The number of benzene rings is 1. The van der Waals surface area contributed by atoms with Gasteiger partial charge in [-0.1, -0.05) is 30.3 Å². The minimum Gasteiger partial charge on any atom is -0.390 e. The Kier molecular flexibility index (Phi) is 7.08. The zero-order chi connectivity index (χ0) is 18.2. The minimum atomic E-state index is -1.39. The summed E-state index contributed by atoms with van der Waals surface area (Å²) in [6.45, 7) is 0.163. The highest BCUT2D eigenvalue weighted by atomic mass is 32.1. The number of carbonyl (C=O) groups excluding carboxylic acids is 2. The second-order valence-corrected chi connectivity index (χ2v) is 6.45. The van der Waals surface area contributed by atoms with Gasteiger partial charge in [-0.05, 0) is 22.6 Å². The fraction of sp³-hybridized carbons (Fsp3) is 0.294. The molecule has 1 aromatic heterocycles. The SMILES string of the molecule is NC(=O)CC(O)C(O)CC(=O)NOCc1ccc(-c2cccs2)cc1. The number of aliphatic hydroxyl groups excluding tert-OH is 2. The summed E-state index contributed by atoms with van der Waals surface area (Å²) in [5.41, 5.74) is 9.08. The molecule has 25 heavy (non-hydrogen) atoms. The predicted octanol–water partition coefficient (Wildman–Crippen LogP) is 0.950. The molecule has 0 aliphatic heterocycles.